The number of nitrogens with zero attached hydrogens (tertiary/aromatic N) is 2. The Labute approximate surface area is 160 Å². The van der Waals surface area contributed by atoms with E-state index in [-0.39, 0.29) is 11.4 Å². The van der Waals surface area contributed by atoms with E-state index in [2.05, 4.69) is 20.5 Å². The lowest BCUT2D eigenvalue weighted by Gasteiger charge is -2.07. The fourth-order valence-corrected chi connectivity index (χ4v) is 2.76. The molecule has 136 valence electrons. The van der Waals surface area contributed by atoms with Crippen molar-refractivity contribution in [3.63, 3.8) is 0 Å². The maximum absolute atomic E-state index is 13.1. The van der Waals surface area contributed by atoms with Crippen molar-refractivity contribution >= 4 is 28.2 Å². The standard InChI is InChI=1S/C22H16N4O2/c27-21(15-9-3-1-4-10-15)19(26-25-16-11-5-2-6-12-16)20-22(28)24-18-14-8-7-13-17(18)23-20/h1-14,25H,(H,24,28)/b26-19-. The Morgan fingerprint density at radius 2 is 1.50 bits per heavy atom. The zero-order valence-corrected chi connectivity index (χ0v) is 14.8. The minimum Gasteiger partial charge on any atom is -0.319 e. The van der Waals surface area contributed by atoms with Gasteiger partial charge in [-0.3, -0.25) is 15.0 Å². The molecule has 0 saturated carbocycles. The minimum absolute atomic E-state index is 0.0315. The lowest BCUT2D eigenvalue weighted by atomic mass is 10.0. The Kier molecular flexibility index (Phi) is 4.76. The van der Waals surface area contributed by atoms with Gasteiger partial charge in [0.05, 0.1) is 16.7 Å². The second-order valence-electron chi connectivity index (χ2n) is 6.07. The van der Waals surface area contributed by atoms with Gasteiger partial charge in [0.1, 0.15) is 0 Å². The highest BCUT2D eigenvalue weighted by molar-refractivity contribution is 6.51. The molecule has 0 saturated heterocycles. The van der Waals surface area contributed by atoms with Gasteiger partial charge in [-0.1, -0.05) is 60.7 Å². The molecule has 2 N–H and O–H groups in total. The normalized spacial score (nSPS) is 11.4. The molecule has 0 aliphatic carbocycles. The van der Waals surface area contributed by atoms with Crippen molar-refractivity contribution in [3.8, 4) is 0 Å². The Balaban J connectivity index is 1.84. The molecule has 4 rings (SSSR count). The van der Waals surface area contributed by atoms with E-state index in [4.69, 9.17) is 0 Å². The summed E-state index contributed by atoms with van der Waals surface area (Å²) in [7, 11) is 0. The average molecular weight is 368 g/mol. The number of fused-ring (bicyclic) bond motifs is 1. The maximum Gasteiger partial charge on any atom is 0.276 e. The van der Waals surface area contributed by atoms with Crippen LogP contribution < -0.4 is 11.0 Å². The monoisotopic (exact) mass is 368 g/mol. The van der Waals surface area contributed by atoms with Gasteiger partial charge >= 0.3 is 0 Å². The number of hydrogen-bond donors (Lipinski definition) is 2. The van der Waals surface area contributed by atoms with E-state index in [0.717, 1.165) is 0 Å². The summed E-state index contributed by atoms with van der Waals surface area (Å²) in [4.78, 5) is 32.9. The van der Waals surface area contributed by atoms with E-state index < -0.39 is 11.3 Å². The highest BCUT2D eigenvalue weighted by Crippen LogP contribution is 2.11. The van der Waals surface area contributed by atoms with Crippen molar-refractivity contribution < 1.29 is 4.79 Å². The van der Waals surface area contributed by atoms with Crippen molar-refractivity contribution in [1.82, 2.24) is 9.97 Å². The average Bonchev–Trinajstić information content (AvgIpc) is 2.75. The second kappa shape index (κ2) is 7.67. The number of hydrazone groups is 1. The summed E-state index contributed by atoms with van der Waals surface area (Å²) in [6.07, 6.45) is 0. The van der Waals surface area contributed by atoms with Crippen LogP contribution >= 0.6 is 0 Å². The first kappa shape index (κ1) is 17.4. The lowest BCUT2D eigenvalue weighted by Crippen LogP contribution is -2.27. The summed E-state index contributed by atoms with van der Waals surface area (Å²) >= 11 is 0. The number of ketones is 1. The number of benzene rings is 3. The second-order valence-corrected chi connectivity index (χ2v) is 6.07. The molecule has 0 aliphatic rings. The van der Waals surface area contributed by atoms with E-state index in [1.807, 2.05) is 42.5 Å². The number of aromatic nitrogens is 2. The Morgan fingerprint density at radius 1 is 0.857 bits per heavy atom. The number of nitrogens with one attached hydrogen (secondary N) is 2. The molecule has 0 unspecified atom stereocenters. The van der Waals surface area contributed by atoms with Gasteiger partial charge in [0.15, 0.2) is 11.4 Å². The molecular formula is C22H16N4O2. The van der Waals surface area contributed by atoms with E-state index in [0.29, 0.717) is 22.3 Å². The number of carbonyl (C=O) groups excluding carboxylic acids is 1. The summed E-state index contributed by atoms with van der Waals surface area (Å²) in [6.45, 7) is 0. The van der Waals surface area contributed by atoms with Crippen LogP contribution in [-0.2, 0) is 0 Å². The summed E-state index contributed by atoms with van der Waals surface area (Å²) in [6, 6.07) is 25.0. The molecule has 0 amide bonds. The molecule has 4 aromatic rings. The van der Waals surface area contributed by atoms with Gasteiger partial charge in [-0.05, 0) is 24.3 Å². The van der Waals surface area contributed by atoms with Crippen molar-refractivity contribution in [3.05, 3.63) is 107 Å². The van der Waals surface area contributed by atoms with Gasteiger partial charge in [0, 0.05) is 5.56 Å². The predicted molar refractivity (Wildman–Crippen MR) is 110 cm³/mol. The van der Waals surface area contributed by atoms with Crippen LogP contribution in [0.25, 0.3) is 11.0 Å². The Bertz CT molecular complexity index is 1220. The van der Waals surface area contributed by atoms with Gasteiger partial charge in [-0.2, -0.15) is 5.10 Å². The number of Topliss-reactive ketones (excluding diaryl/α,β-unsaturated/α-hetero) is 1. The first-order valence-corrected chi connectivity index (χ1v) is 8.70. The number of carbonyl (C=O) groups is 1. The molecule has 1 aromatic heterocycles. The van der Waals surface area contributed by atoms with Crippen molar-refractivity contribution in [2.45, 2.75) is 0 Å². The molecule has 0 atom stereocenters. The van der Waals surface area contributed by atoms with Crippen LogP contribution in [0.1, 0.15) is 16.1 Å². The molecule has 0 aliphatic heterocycles. The van der Waals surface area contributed by atoms with Crippen LogP contribution in [0.2, 0.25) is 0 Å². The molecule has 0 bridgehead atoms. The topological polar surface area (TPSA) is 87.2 Å². The predicted octanol–water partition coefficient (Wildman–Crippen LogP) is 3.62. The fourth-order valence-electron chi connectivity index (χ4n) is 2.76. The SMILES string of the molecule is O=C(/C(=N\Nc1ccccc1)c1nc2ccccc2[nH]c1=O)c1ccccc1. The van der Waals surface area contributed by atoms with Crippen LogP contribution in [0.3, 0.4) is 0 Å². The van der Waals surface area contributed by atoms with E-state index >= 15 is 0 Å². The fraction of sp³-hybridized carbons (Fsp3) is 0. The number of H-pyrrole nitrogens is 1. The summed E-state index contributed by atoms with van der Waals surface area (Å²) < 4.78 is 0. The first-order valence-electron chi connectivity index (χ1n) is 8.70. The maximum atomic E-state index is 13.1. The first-order chi connectivity index (χ1) is 13.7. The van der Waals surface area contributed by atoms with Gasteiger partial charge in [0.2, 0.25) is 5.78 Å². The highest BCUT2D eigenvalue weighted by Gasteiger charge is 2.21. The lowest BCUT2D eigenvalue weighted by molar-refractivity contribution is 0.106. The molecule has 28 heavy (non-hydrogen) atoms. The summed E-state index contributed by atoms with van der Waals surface area (Å²) in [5.41, 5.74) is 4.57. The van der Waals surface area contributed by atoms with Crippen LogP contribution in [0.5, 0.6) is 0 Å². The van der Waals surface area contributed by atoms with E-state index in [9.17, 15) is 9.59 Å². The molecule has 6 heteroatoms. The molecule has 6 nitrogen and oxygen atoms in total. The zero-order chi connectivity index (χ0) is 19.3. The Hall–Kier alpha value is -4.06. The van der Waals surface area contributed by atoms with Crippen molar-refractivity contribution in [2.24, 2.45) is 5.10 Å². The van der Waals surface area contributed by atoms with Gasteiger partial charge in [-0.25, -0.2) is 4.98 Å². The third kappa shape index (κ3) is 3.57. The van der Waals surface area contributed by atoms with Crippen molar-refractivity contribution in [1.29, 1.82) is 0 Å². The van der Waals surface area contributed by atoms with Crippen LogP contribution in [0, 0.1) is 0 Å². The van der Waals surface area contributed by atoms with E-state index in [1.165, 1.54) is 0 Å². The zero-order valence-electron chi connectivity index (χ0n) is 14.8. The molecular weight excluding hydrogens is 352 g/mol. The largest absolute Gasteiger partial charge is 0.319 e. The Morgan fingerprint density at radius 3 is 2.25 bits per heavy atom. The van der Waals surface area contributed by atoms with Gasteiger partial charge < -0.3 is 4.98 Å². The third-order valence-electron chi connectivity index (χ3n) is 4.15. The molecule has 0 radical (unpaired) electrons. The van der Waals surface area contributed by atoms with Crippen LogP contribution in [-0.4, -0.2) is 21.5 Å². The van der Waals surface area contributed by atoms with Crippen molar-refractivity contribution in [2.75, 3.05) is 5.43 Å². The molecule has 0 fully saturated rings. The smallest absolute Gasteiger partial charge is 0.276 e. The number of aromatic amines is 1. The van der Waals surface area contributed by atoms with Crippen LogP contribution in [0.4, 0.5) is 5.69 Å². The molecule has 1 heterocycles. The van der Waals surface area contributed by atoms with Gasteiger partial charge in [-0.15, -0.1) is 0 Å². The summed E-state index contributed by atoms with van der Waals surface area (Å²) in [5, 5.41) is 4.24. The van der Waals surface area contributed by atoms with E-state index in [1.54, 1.807) is 42.5 Å². The minimum atomic E-state index is -0.475. The van der Waals surface area contributed by atoms with Gasteiger partial charge in [0.25, 0.3) is 5.56 Å². The highest BCUT2D eigenvalue weighted by atomic mass is 16.1. The number of rotatable bonds is 5. The third-order valence-corrected chi connectivity index (χ3v) is 4.15. The number of para-hydroxylation sites is 3. The quantitative estimate of drug-likeness (QED) is 0.320. The van der Waals surface area contributed by atoms with Crippen LogP contribution in [0.15, 0.2) is 94.8 Å². The molecule has 3 aromatic carbocycles. The number of anilines is 1. The molecule has 0 spiro atoms. The summed E-state index contributed by atoms with van der Waals surface area (Å²) in [5.74, 6) is -0.391. The number of hydrogen-bond acceptors (Lipinski definition) is 5.